The maximum Gasteiger partial charge on any atom is 0.430 e. The summed E-state index contributed by atoms with van der Waals surface area (Å²) in [5.41, 5.74) is -7.19. The van der Waals surface area contributed by atoms with Crippen LogP contribution < -0.4 is 0 Å². The highest BCUT2D eigenvalue weighted by atomic mass is 19.4. The van der Waals surface area contributed by atoms with Gasteiger partial charge in [-0.2, -0.15) is 26.3 Å². The fourth-order valence-electron chi connectivity index (χ4n) is 1.13. The second-order valence-corrected chi connectivity index (χ2v) is 3.06. The summed E-state index contributed by atoms with van der Waals surface area (Å²) < 4.78 is 86.8. The van der Waals surface area contributed by atoms with E-state index in [0.29, 0.717) is 6.20 Å². The molecule has 0 amide bonds. The number of hydrogen-bond donors (Lipinski definition) is 1. The zero-order valence-corrected chi connectivity index (χ0v) is 7.77. The summed E-state index contributed by atoms with van der Waals surface area (Å²) in [6, 6.07) is 0.121. The van der Waals surface area contributed by atoms with Gasteiger partial charge >= 0.3 is 12.4 Å². The van der Waals surface area contributed by atoms with Gasteiger partial charge in [0, 0.05) is 11.8 Å². The van der Waals surface area contributed by atoms with E-state index in [-0.39, 0.29) is 12.3 Å². The molecule has 1 rings (SSSR count). The number of halogens is 7. The van der Waals surface area contributed by atoms with Crippen LogP contribution in [0.15, 0.2) is 18.5 Å². The number of pyridine rings is 1. The van der Waals surface area contributed by atoms with Crippen LogP contribution in [0.2, 0.25) is 0 Å². The monoisotopic (exact) mass is 263 g/mol. The third-order valence-corrected chi connectivity index (χ3v) is 1.98. The summed E-state index contributed by atoms with van der Waals surface area (Å²) in [6.07, 6.45) is -11.5. The molecule has 1 aromatic rings. The third-order valence-electron chi connectivity index (χ3n) is 1.98. The van der Waals surface area contributed by atoms with Gasteiger partial charge in [0.2, 0.25) is 0 Å². The second kappa shape index (κ2) is 3.83. The molecule has 0 aliphatic heterocycles. The number of aliphatic hydroxyl groups is 1. The van der Waals surface area contributed by atoms with Crippen molar-refractivity contribution >= 4 is 0 Å². The number of aromatic nitrogens is 1. The van der Waals surface area contributed by atoms with Gasteiger partial charge < -0.3 is 5.11 Å². The van der Waals surface area contributed by atoms with Crippen LogP contribution in [0.4, 0.5) is 30.7 Å². The van der Waals surface area contributed by atoms with Crippen molar-refractivity contribution in [2.45, 2.75) is 18.0 Å². The summed E-state index contributed by atoms with van der Waals surface area (Å²) in [5, 5.41) is 8.82. The molecule has 0 fully saturated rings. The normalized spacial score (nSPS) is 13.9. The molecule has 0 saturated carbocycles. The van der Waals surface area contributed by atoms with Crippen molar-refractivity contribution in [1.29, 1.82) is 0 Å². The van der Waals surface area contributed by atoms with Crippen molar-refractivity contribution in [2.24, 2.45) is 0 Å². The lowest BCUT2D eigenvalue weighted by molar-refractivity contribution is -0.377. The van der Waals surface area contributed by atoms with Crippen LogP contribution in [0.1, 0.15) is 5.56 Å². The van der Waals surface area contributed by atoms with Gasteiger partial charge in [0.05, 0.1) is 6.20 Å². The van der Waals surface area contributed by atoms with Gasteiger partial charge in [0.1, 0.15) is 5.82 Å². The molecule has 0 atom stereocenters. The molecule has 1 aromatic heterocycles. The molecule has 0 aliphatic carbocycles. The van der Waals surface area contributed by atoms with E-state index in [2.05, 4.69) is 4.98 Å². The maximum atomic E-state index is 12.9. The highest BCUT2D eigenvalue weighted by Gasteiger charge is 2.72. The van der Waals surface area contributed by atoms with E-state index in [9.17, 15) is 30.7 Å². The van der Waals surface area contributed by atoms with Crippen LogP contribution in [0.3, 0.4) is 0 Å². The molecule has 0 radical (unpaired) electrons. The Morgan fingerprint density at radius 2 is 1.47 bits per heavy atom. The molecule has 17 heavy (non-hydrogen) atoms. The van der Waals surface area contributed by atoms with E-state index in [1.165, 1.54) is 0 Å². The first kappa shape index (κ1) is 13.7. The van der Waals surface area contributed by atoms with Gasteiger partial charge in [-0.1, -0.05) is 0 Å². The van der Waals surface area contributed by atoms with Crippen LogP contribution >= 0.6 is 0 Å². The first-order valence-corrected chi connectivity index (χ1v) is 3.97. The smallest absolute Gasteiger partial charge is 0.369 e. The molecule has 1 N–H and O–H groups in total. The molecule has 2 nitrogen and oxygen atoms in total. The van der Waals surface area contributed by atoms with Gasteiger partial charge in [-0.15, -0.1) is 0 Å². The largest absolute Gasteiger partial charge is 0.430 e. The Morgan fingerprint density at radius 1 is 1.00 bits per heavy atom. The highest BCUT2D eigenvalue weighted by molar-refractivity contribution is 5.25. The fraction of sp³-hybridized carbons (Fsp3) is 0.375. The first-order chi connectivity index (χ1) is 7.52. The molecule has 0 unspecified atom stereocenters. The SMILES string of the molecule is OC(c1ccncc1F)(C(F)(F)F)C(F)(F)F. The van der Waals surface area contributed by atoms with Crippen LogP contribution in [0.25, 0.3) is 0 Å². The number of rotatable bonds is 1. The molecule has 0 aromatic carbocycles. The Hall–Kier alpha value is -1.38. The topological polar surface area (TPSA) is 33.1 Å². The van der Waals surface area contributed by atoms with Crippen LogP contribution in [0, 0.1) is 5.82 Å². The molecule has 96 valence electrons. The van der Waals surface area contributed by atoms with Crippen LogP contribution in [0.5, 0.6) is 0 Å². The van der Waals surface area contributed by atoms with Crippen molar-refractivity contribution in [3.8, 4) is 0 Å². The van der Waals surface area contributed by atoms with E-state index in [0.717, 1.165) is 0 Å². The maximum absolute atomic E-state index is 12.9. The quantitative estimate of drug-likeness (QED) is 0.790. The lowest BCUT2D eigenvalue weighted by atomic mass is 9.93. The number of nitrogens with zero attached hydrogens (tertiary/aromatic N) is 1. The molecule has 9 heteroatoms. The standard InChI is InChI=1S/C8H4F7NO/c9-5-3-16-2-1-4(5)6(17,7(10,11)12)8(13,14)15/h1-3,17H. The van der Waals surface area contributed by atoms with Crippen molar-refractivity contribution in [1.82, 2.24) is 4.98 Å². The Morgan fingerprint density at radius 3 is 1.82 bits per heavy atom. The Labute approximate surface area is 89.7 Å². The number of alkyl halides is 6. The van der Waals surface area contributed by atoms with Gasteiger partial charge in [-0.25, -0.2) is 4.39 Å². The summed E-state index contributed by atoms with van der Waals surface area (Å²) in [6.45, 7) is 0. The summed E-state index contributed by atoms with van der Waals surface area (Å²) in [4.78, 5) is 3.00. The molecule has 0 saturated heterocycles. The van der Waals surface area contributed by atoms with Crippen molar-refractivity contribution in [3.05, 3.63) is 29.8 Å². The number of hydrogen-bond acceptors (Lipinski definition) is 2. The van der Waals surface area contributed by atoms with E-state index in [1.54, 1.807) is 0 Å². The predicted octanol–water partition coefficient (Wildman–Crippen LogP) is 2.53. The van der Waals surface area contributed by atoms with Gasteiger partial charge in [-0.05, 0) is 6.07 Å². The second-order valence-electron chi connectivity index (χ2n) is 3.06. The summed E-state index contributed by atoms with van der Waals surface area (Å²) in [7, 11) is 0. The van der Waals surface area contributed by atoms with Gasteiger partial charge in [0.15, 0.2) is 0 Å². The minimum absolute atomic E-state index is 0.121. The first-order valence-electron chi connectivity index (χ1n) is 3.97. The lowest BCUT2D eigenvalue weighted by Gasteiger charge is -2.32. The van der Waals surface area contributed by atoms with Crippen LogP contribution in [-0.2, 0) is 5.60 Å². The highest BCUT2D eigenvalue weighted by Crippen LogP contribution is 2.50. The molecule has 1 heterocycles. The fourth-order valence-corrected chi connectivity index (χ4v) is 1.13. The molecule has 0 spiro atoms. The molecular formula is C8H4F7NO. The Bertz CT molecular complexity index is 397. The minimum Gasteiger partial charge on any atom is -0.369 e. The van der Waals surface area contributed by atoms with E-state index < -0.39 is 29.3 Å². The Balaban J connectivity index is 3.53. The lowest BCUT2D eigenvalue weighted by Crippen LogP contribution is -2.54. The van der Waals surface area contributed by atoms with Crippen molar-refractivity contribution in [3.63, 3.8) is 0 Å². The third kappa shape index (κ3) is 2.06. The molecular weight excluding hydrogens is 259 g/mol. The Kier molecular flexibility index (Phi) is 3.08. The average molecular weight is 263 g/mol. The van der Waals surface area contributed by atoms with E-state index in [1.807, 2.05) is 0 Å². The van der Waals surface area contributed by atoms with Crippen molar-refractivity contribution in [2.75, 3.05) is 0 Å². The zero-order valence-electron chi connectivity index (χ0n) is 7.77. The van der Waals surface area contributed by atoms with E-state index in [4.69, 9.17) is 5.11 Å². The van der Waals surface area contributed by atoms with Crippen molar-refractivity contribution < 1.29 is 35.8 Å². The summed E-state index contributed by atoms with van der Waals surface area (Å²) in [5.74, 6) is -1.90. The molecule has 0 bridgehead atoms. The predicted molar refractivity (Wildman–Crippen MR) is 40.2 cm³/mol. The van der Waals surface area contributed by atoms with E-state index >= 15 is 0 Å². The van der Waals surface area contributed by atoms with Gasteiger partial charge in [-0.3, -0.25) is 4.98 Å². The summed E-state index contributed by atoms with van der Waals surface area (Å²) >= 11 is 0. The zero-order chi connectivity index (χ0) is 13.5. The van der Waals surface area contributed by atoms with Gasteiger partial charge in [0.25, 0.3) is 5.60 Å². The minimum atomic E-state index is -6.10. The molecule has 0 aliphatic rings. The average Bonchev–Trinajstić information content (AvgIpc) is 2.13. The van der Waals surface area contributed by atoms with Crippen LogP contribution in [-0.4, -0.2) is 22.4 Å².